The van der Waals surface area contributed by atoms with Gasteiger partial charge in [-0.15, -0.1) is 0 Å². The first-order valence-corrected chi connectivity index (χ1v) is 8.22. The van der Waals surface area contributed by atoms with E-state index in [0.717, 1.165) is 10.2 Å². The fourth-order valence-corrected chi connectivity index (χ4v) is 2.64. The molecule has 0 bridgehead atoms. The van der Waals surface area contributed by atoms with Crippen LogP contribution in [0.1, 0.15) is 10.4 Å². The van der Waals surface area contributed by atoms with Crippen LogP contribution >= 0.6 is 15.9 Å². The minimum atomic E-state index is -3.06. The number of carbonyl (C=O) groups is 1. The molecule has 0 unspecified atom stereocenters. The number of hydrogen-bond acceptors (Lipinski definition) is 4. The lowest BCUT2D eigenvalue weighted by Gasteiger charge is -2.29. The Kier molecular flexibility index (Phi) is 3.63. The van der Waals surface area contributed by atoms with Crippen molar-refractivity contribution in [3.63, 3.8) is 0 Å². The normalized spacial score (nSPS) is 15.2. The lowest BCUT2D eigenvalue weighted by Crippen LogP contribution is -2.42. The van der Waals surface area contributed by atoms with Crippen molar-refractivity contribution < 1.29 is 13.2 Å². The lowest BCUT2D eigenvalue weighted by molar-refractivity contribution is 0.0768. The van der Waals surface area contributed by atoms with Crippen molar-refractivity contribution in [2.24, 2.45) is 0 Å². The molecule has 0 spiro atoms. The Morgan fingerprint density at radius 1 is 1.44 bits per heavy atom. The Bertz CT molecular complexity index is 586. The smallest absolute Gasteiger partial charge is 0.257 e. The summed E-state index contributed by atoms with van der Waals surface area (Å²) in [5.74, 6) is -0.161. The van der Waals surface area contributed by atoms with Crippen LogP contribution in [-0.4, -0.2) is 44.4 Å². The van der Waals surface area contributed by atoms with Gasteiger partial charge in [0.15, 0.2) is 0 Å². The summed E-state index contributed by atoms with van der Waals surface area (Å²) in [6.45, 7) is 0.540. The number of carbonyl (C=O) groups excluding carboxylic acids is 1. The molecule has 2 rings (SSSR count). The molecule has 0 aliphatic carbocycles. The van der Waals surface area contributed by atoms with Gasteiger partial charge in [-0.2, -0.15) is 0 Å². The minimum absolute atomic E-state index is 0.0215. The highest BCUT2D eigenvalue weighted by Crippen LogP contribution is 2.25. The van der Waals surface area contributed by atoms with Gasteiger partial charge < -0.3 is 10.2 Å². The van der Waals surface area contributed by atoms with Gasteiger partial charge in [0.2, 0.25) is 0 Å². The number of benzene rings is 1. The molecule has 1 heterocycles. The molecule has 1 N–H and O–H groups in total. The molecule has 5 nitrogen and oxygen atoms in total. The van der Waals surface area contributed by atoms with E-state index in [1.807, 2.05) is 6.07 Å². The molecule has 1 aliphatic rings. The Labute approximate surface area is 114 Å². The van der Waals surface area contributed by atoms with Crippen molar-refractivity contribution in [3.05, 3.63) is 28.2 Å². The molecule has 0 saturated carbocycles. The van der Waals surface area contributed by atoms with Crippen LogP contribution in [0.2, 0.25) is 0 Å². The van der Waals surface area contributed by atoms with Gasteiger partial charge in [0.25, 0.3) is 5.91 Å². The number of sulfone groups is 1. The van der Waals surface area contributed by atoms with Crippen molar-refractivity contribution in [1.82, 2.24) is 4.90 Å². The van der Waals surface area contributed by atoms with E-state index in [9.17, 15) is 13.2 Å². The largest absolute Gasteiger partial charge is 0.367 e. The Balaban J connectivity index is 2.16. The van der Waals surface area contributed by atoms with E-state index in [2.05, 4.69) is 21.2 Å². The number of amides is 1. The highest BCUT2D eigenvalue weighted by Gasteiger charge is 2.24. The average molecular weight is 333 g/mol. The van der Waals surface area contributed by atoms with Gasteiger partial charge in [0.1, 0.15) is 9.84 Å². The maximum atomic E-state index is 12.1. The van der Waals surface area contributed by atoms with E-state index >= 15 is 0 Å². The second-order valence-corrected chi connectivity index (χ2v) is 7.40. The highest BCUT2D eigenvalue weighted by atomic mass is 79.9. The lowest BCUT2D eigenvalue weighted by atomic mass is 10.1. The van der Waals surface area contributed by atoms with Crippen molar-refractivity contribution in [1.29, 1.82) is 0 Å². The van der Waals surface area contributed by atoms with Crippen LogP contribution in [0.25, 0.3) is 0 Å². The number of halogens is 1. The van der Waals surface area contributed by atoms with E-state index < -0.39 is 9.84 Å². The van der Waals surface area contributed by atoms with Crippen molar-refractivity contribution in [3.8, 4) is 0 Å². The molecule has 1 aliphatic heterocycles. The first-order valence-electron chi connectivity index (χ1n) is 5.37. The van der Waals surface area contributed by atoms with Crippen LogP contribution in [0.3, 0.4) is 0 Å². The predicted molar refractivity (Wildman–Crippen MR) is 73.4 cm³/mol. The molecule has 0 aromatic heterocycles. The summed E-state index contributed by atoms with van der Waals surface area (Å²) < 4.78 is 23.1. The van der Waals surface area contributed by atoms with E-state index in [1.54, 1.807) is 12.1 Å². The molecule has 0 radical (unpaired) electrons. The molecular weight excluding hydrogens is 320 g/mol. The number of nitrogens with one attached hydrogen (secondary N) is 1. The average Bonchev–Trinajstić information content (AvgIpc) is 2.26. The third-order valence-electron chi connectivity index (χ3n) is 2.69. The third kappa shape index (κ3) is 3.02. The first-order chi connectivity index (χ1) is 8.37. The van der Waals surface area contributed by atoms with Gasteiger partial charge in [-0.05, 0) is 18.2 Å². The number of rotatable bonds is 3. The molecule has 1 aromatic rings. The summed E-state index contributed by atoms with van der Waals surface area (Å²) in [5, 5.41) is 3.10. The molecule has 0 saturated heterocycles. The number of hydrogen-bond donors (Lipinski definition) is 1. The number of anilines is 1. The van der Waals surface area contributed by atoms with Gasteiger partial charge in [-0.25, -0.2) is 8.42 Å². The van der Waals surface area contributed by atoms with Crippen LogP contribution in [-0.2, 0) is 9.84 Å². The fraction of sp³-hybridized carbons (Fsp3) is 0.364. The highest BCUT2D eigenvalue weighted by molar-refractivity contribution is 9.10. The zero-order valence-electron chi connectivity index (χ0n) is 9.81. The Morgan fingerprint density at radius 2 is 2.17 bits per heavy atom. The van der Waals surface area contributed by atoms with Gasteiger partial charge in [0, 0.05) is 23.0 Å². The first kappa shape index (κ1) is 13.4. The van der Waals surface area contributed by atoms with Crippen molar-refractivity contribution in [2.45, 2.75) is 0 Å². The summed E-state index contributed by atoms with van der Waals surface area (Å²) in [6.07, 6.45) is 1.17. The third-order valence-corrected chi connectivity index (χ3v) is 4.11. The zero-order chi connectivity index (χ0) is 13.3. The van der Waals surface area contributed by atoms with Crippen LogP contribution in [0, 0.1) is 0 Å². The maximum absolute atomic E-state index is 12.1. The quantitative estimate of drug-likeness (QED) is 0.906. The molecule has 7 heteroatoms. The van der Waals surface area contributed by atoms with E-state index in [1.165, 1.54) is 11.2 Å². The Hall–Kier alpha value is -1.08. The van der Waals surface area contributed by atoms with Crippen LogP contribution in [0.4, 0.5) is 5.69 Å². The monoisotopic (exact) mass is 332 g/mol. The topological polar surface area (TPSA) is 66.5 Å². The zero-order valence-corrected chi connectivity index (χ0v) is 12.2. The molecule has 1 amide bonds. The molecule has 0 fully saturated rings. The Morgan fingerprint density at radius 3 is 2.83 bits per heavy atom. The van der Waals surface area contributed by atoms with Crippen molar-refractivity contribution >= 4 is 37.4 Å². The summed E-state index contributed by atoms with van der Waals surface area (Å²) >= 11 is 3.34. The van der Waals surface area contributed by atoms with Crippen LogP contribution in [0.15, 0.2) is 22.7 Å². The molecule has 0 atom stereocenters. The summed E-state index contributed by atoms with van der Waals surface area (Å²) in [6, 6.07) is 5.35. The molecule has 18 heavy (non-hydrogen) atoms. The van der Waals surface area contributed by atoms with Gasteiger partial charge in [-0.3, -0.25) is 4.79 Å². The van der Waals surface area contributed by atoms with Crippen LogP contribution in [0.5, 0.6) is 0 Å². The summed E-state index contributed by atoms with van der Waals surface area (Å²) in [7, 11) is -3.06. The number of fused-ring (bicyclic) bond motifs is 1. The molecule has 1 aromatic carbocycles. The van der Waals surface area contributed by atoms with E-state index in [0.29, 0.717) is 12.2 Å². The van der Waals surface area contributed by atoms with Gasteiger partial charge >= 0.3 is 0 Å². The van der Waals surface area contributed by atoms with Gasteiger partial charge in [-0.1, -0.05) is 15.9 Å². The van der Waals surface area contributed by atoms with E-state index in [4.69, 9.17) is 0 Å². The fourth-order valence-electron chi connectivity index (χ4n) is 1.73. The predicted octanol–water partition coefficient (Wildman–Crippen LogP) is 1.32. The summed E-state index contributed by atoms with van der Waals surface area (Å²) in [5.41, 5.74) is 1.34. The second-order valence-electron chi connectivity index (χ2n) is 4.22. The standard InChI is InChI=1S/C11H13BrN2O3S/c1-18(16,17)5-4-14-7-13-10-6-8(12)2-3-9(10)11(14)15/h2-3,6,13H,4-5,7H2,1H3. The van der Waals surface area contributed by atoms with Crippen LogP contribution < -0.4 is 5.32 Å². The van der Waals surface area contributed by atoms with Crippen molar-refractivity contribution in [2.75, 3.05) is 30.5 Å². The second kappa shape index (κ2) is 4.89. The SMILES string of the molecule is CS(=O)(=O)CCN1CNc2cc(Br)ccc2C1=O. The number of nitrogens with zero attached hydrogens (tertiary/aromatic N) is 1. The van der Waals surface area contributed by atoms with E-state index in [-0.39, 0.29) is 18.2 Å². The molecule has 98 valence electrons. The summed E-state index contributed by atoms with van der Waals surface area (Å²) in [4.78, 5) is 13.6. The molecular formula is C11H13BrN2O3S. The maximum Gasteiger partial charge on any atom is 0.257 e. The minimum Gasteiger partial charge on any atom is -0.367 e. The van der Waals surface area contributed by atoms with Gasteiger partial charge in [0.05, 0.1) is 18.0 Å².